The number of carbonyl (C=O) groups is 1. The van der Waals surface area contributed by atoms with Gasteiger partial charge in [-0.2, -0.15) is 0 Å². The first kappa shape index (κ1) is 14.5. The molecule has 1 aliphatic heterocycles. The lowest BCUT2D eigenvalue weighted by Crippen LogP contribution is -2.63. The van der Waals surface area contributed by atoms with Crippen molar-refractivity contribution in [2.24, 2.45) is 0 Å². The molecule has 0 unspecified atom stereocenters. The van der Waals surface area contributed by atoms with Crippen LogP contribution in [0.25, 0.3) is 0 Å². The topological polar surface area (TPSA) is 88.6 Å². The van der Waals surface area contributed by atoms with E-state index in [9.17, 15) is 20.0 Å². The first-order valence-corrected chi connectivity index (χ1v) is 6.76. The number of nitro groups is 1. The van der Waals surface area contributed by atoms with Crippen LogP contribution < -0.4 is 0 Å². The molecule has 1 amide bonds. The molecule has 0 aliphatic carbocycles. The molecule has 0 saturated carbocycles. The molecule has 20 heavy (non-hydrogen) atoms. The van der Waals surface area contributed by atoms with Crippen molar-refractivity contribution in [2.75, 3.05) is 13.1 Å². The number of likely N-dealkylation sites (tertiary alicyclic amines) is 1. The fraction of sp³-hybridized carbons (Fsp3) is 0.615. The third-order valence-electron chi connectivity index (χ3n) is 3.69. The van der Waals surface area contributed by atoms with Crippen LogP contribution in [0.1, 0.15) is 37.2 Å². The van der Waals surface area contributed by atoms with E-state index in [2.05, 4.69) is 0 Å². The summed E-state index contributed by atoms with van der Waals surface area (Å²) in [5.41, 5.74) is -0.561. The molecule has 1 aromatic rings. The summed E-state index contributed by atoms with van der Waals surface area (Å²) in [6.45, 7) is 4.94. The van der Waals surface area contributed by atoms with E-state index in [0.29, 0.717) is 18.7 Å². The van der Waals surface area contributed by atoms with Gasteiger partial charge in [-0.25, -0.2) is 0 Å². The molecule has 1 saturated heterocycles. The van der Waals surface area contributed by atoms with Crippen molar-refractivity contribution >= 4 is 11.6 Å². The van der Waals surface area contributed by atoms with Gasteiger partial charge in [-0.05, 0) is 12.8 Å². The molecule has 1 aliphatic rings. The molecule has 0 aromatic carbocycles. The van der Waals surface area contributed by atoms with Crippen LogP contribution in [-0.2, 0) is 6.54 Å². The average Bonchev–Trinajstić information content (AvgIpc) is 2.79. The third-order valence-corrected chi connectivity index (χ3v) is 3.69. The maximum atomic E-state index is 12.3. The monoisotopic (exact) mass is 281 g/mol. The second-order valence-corrected chi connectivity index (χ2v) is 5.27. The van der Waals surface area contributed by atoms with Gasteiger partial charge < -0.3 is 14.6 Å². The Balaban J connectivity index is 2.19. The molecule has 0 atom stereocenters. The molecule has 1 N–H and O–H groups in total. The zero-order chi connectivity index (χ0) is 14.9. The largest absolute Gasteiger partial charge is 0.386 e. The number of β-amino-alcohol motifs (C(OH)–C–C–N with tert-alkyl or cyclic N) is 1. The summed E-state index contributed by atoms with van der Waals surface area (Å²) in [4.78, 5) is 24.2. The number of carbonyl (C=O) groups excluding carboxylic acids is 1. The Bertz CT molecular complexity index is 532. The van der Waals surface area contributed by atoms with Crippen molar-refractivity contribution in [1.29, 1.82) is 0 Å². The number of hydrogen-bond acceptors (Lipinski definition) is 4. The van der Waals surface area contributed by atoms with Gasteiger partial charge in [0.05, 0.1) is 29.8 Å². The van der Waals surface area contributed by atoms with Crippen molar-refractivity contribution in [3.63, 3.8) is 0 Å². The van der Waals surface area contributed by atoms with E-state index in [4.69, 9.17) is 0 Å². The van der Waals surface area contributed by atoms with Crippen LogP contribution in [0.4, 0.5) is 5.69 Å². The van der Waals surface area contributed by atoms with E-state index in [1.54, 1.807) is 4.57 Å². The normalized spacial score (nSPS) is 16.9. The molecule has 110 valence electrons. The molecular formula is C13H19N3O4. The molecule has 0 spiro atoms. The van der Waals surface area contributed by atoms with Crippen LogP contribution in [-0.4, -0.2) is 44.1 Å². The van der Waals surface area contributed by atoms with Gasteiger partial charge in [0.25, 0.3) is 11.6 Å². The Morgan fingerprint density at radius 3 is 2.65 bits per heavy atom. The van der Waals surface area contributed by atoms with Crippen LogP contribution >= 0.6 is 0 Å². The van der Waals surface area contributed by atoms with Gasteiger partial charge in [-0.1, -0.05) is 13.8 Å². The van der Waals surface area contributed by atoms with Crippen LogP contribution in [0.5, 0.6) is 0 Å². The highest BCUT2D eigenvalue weighted by molar-refractivity contribution is 5.94. The maximum absolute atomic E-state index is 12.3. The summed E-state index contributed by atoms with van der Waals surface area (Å²) in [5.74, 6) is -0.260. The van der Waals surface area contributed by atoms with E-state index >= 15 is 0 Å². The maximum Gasteiger partial charge on any atom is 0.287 e. The van der Waals surface area contributed by atoms with E-state index in [0.717, 1.165) is 6.42 Å². The molecule has 0 radical (unpaired) electrons. The predicted molar refractivity (Wildman–Crippen MR) is 72.5 cm³/mol. The molecule has 1 fully saturated rings. The molecule has 7 nitrogen and oxygen atoms in total. The van der Waals surface area contributed by atoms with Crippen LogP contribution in [0.3, 0.4) is 0 Å². The van der Waals surface area contributed by atoms with Gasteiger partial charge >= 0.3 is 0 Å². The van der Waals surface area contributed by atoms with Gasteiger partial charge in [0.15, 0.2) is 0 Å². The second-order valence-electron chi connectivity index (χ2n) is 5.27. The summed E-state index contributed by atoms with van der Waals surface area (Å²) in [6, 6.07) is 1.31. The summed E-state index contributed by atoms with van der Waals surface area (Å²) in [5, 5.41) is 20.8. The van der Waals surface area contributed by atoms with Crippen molar-refractivity contribution in [1.82, 2.24) is 9.47 Å². The smallest absolute Gasteiger partial charge is 0.287 e. The lowest BCUT2D eigenvalue weighted by atomic mass is 9.91. The molecule has 2 rings (SSSR count). The molecule has 0 bridgehead atoms. The Morgan fingerprint density at radius 2 is 2.15 bits per heavy atom. The predicted octanol–water partition coefficient (Wildman–Crippen LogP) is 1.40. The Hall–Kier alpha value is -1.89. The van der Waals surface area contributed by atoms with Gasteiger partial charge in [0.2, 0.25) is 0 Å². The Labute approximate surface area is 116 Å². The molecule has 7 heteroatoms. The minimum Gasteiger partial charge on any atom is -0.386 e. The van der Waals surface area contributed by atoms with E-state index in [-0.39, 0.29) is 24.7 Å². The standard InChI is InChI=1S/C13H19N3O4/c1-3-5-14-7-10(16(19)20)6-11(14)12(17)15-8-13(18,4-2)9-15/h6-7,18H,3-5,8-9H2,1-2H3. The van der Waals surface area contributed by atoms with Gasteiger partial charge in [-0.15, -0.1) is 0 Å². The average molecular weight is 281 g/mol. The molecule has 2 heterocycles. The number of rotatable bonds is 5. The van der Waals surface area contributed by atoms with Crippen molar-refractivity contribution < 1.29 is 14.8 Å². The van der Waals surface area contributed by atoms with Crippen molar-refractivity contribution in [3.8, 4) is 0 Å². The lowest BCUT2D eigenvalue weighted by Gasteiger charge is -2.46. The highest BCUT2D eigenvalue weighted by Gasteiger charge is 2.43. The van der Waals surface area contributed by atoms with E-state index < -0.39 is 10.5 Å². The van der Waals surface area contributed by atoms with Gasteiger partial charge in [0, 0.05) is 12.6 Å². The van der Waals surface area contributed by atoms with Gasteiger partial charge in [0.1, 0.15) is 5.69 Å². The van der Waals surface area contributed by atoms with Crippen LogP contribution in [0.15, 0.2) is 12.3 Å². The minimum absolute atomic E-state index is 0.0759. The van der Waals surface area contributed by atoms with Crippen LogP contribution in [0.2, 0.25) is 0 Å². The number of amides is 1. The number of aromatic nitrogens is 1. The summed E-state index contributed by atoms with van der Waals surface area (Å²) < 4.78 is 1.61. The third kappa shape index (κ3) is 2.53. The molecule has 1 aromatic heterocycles. The quantitative estimate of drug-likeness (QED) is 0.652. The first-order chi connectivity index (χ1) is 9.40. The fourth-order valence-electron chi connectivity index (χ4n) is 2.39. The van der Waals surface area contributed by atoms with Crippen molar-refractivity contribution in [2.45, 2.75) is 38.8 Å². The summed E-state index contributed by atoms with van der Waals surface area (Å²) in [7, 11) is 0. The van der Waals surface area contributed by atoms with Crippen molar-refractivity contribution in [3.05, 3.63) is 28.1 Å². The van der Waals surface area contributed by atoms with E-state index in [1.165, 1.54) is 17.2 Å². The highest BCUT2D eigenvalue weighted by Crippen LogP contribution is 2.27. The zero-order valence-corrected chi connectivity index (χ0v) is 11.7. The highest BCUT2D eigenvalue weighted by atomic mass is 16.6. The summed E-state index contributed by atoms with van der Waals surface area (Å²) >= 11 is 0. The SMILES string of the molecule is CCCn1cc([N+](=O)[O-])cc1C(=O)N1CC(O)(CC)C1. The minimum atomic E-state index is -0.802. The number of aryl methyl sites for hydroxylation is 1. The number of aliphatic hydroxyl groups is 1. The fourth-order valence-corrected chi connectivity index (χ4v) is 2.39. The Morgan fingerprint density at radius 1 is 1.50 bits per heavy atom. The second kappa shape index (κ2) is 5.24. The van der Waals surface area contributed by atoms with Crippen LogP contribution in [0, 0.1) is 10.1 Å². The Kier molecular flexibility index (Phi) is 3.80. The first-order valence-electron chi connectivity index (χ1n) is 6.76. The summed E-state index contributed by atoms with van der Waals surface area (Å²) in [6.07, 6.45) is 2.76. The zero-order valence-electron chi connectivity index (χ0n) is 11.7. The molecular weight excluding hydrogens is 262 g/mol. The lowest BCUT2D eigenvalue weighted by molar-refractivity contribution is -0.384. The van der Waals surface area contributed by atoms with E-state index in [1.807, 2.05) is 13.8 Å². The number of hydrogen-bond donors (Lipinski definition) is 1. The number of nitrogens with zero attached hydrogens (tertiary/aromatic N) is 3. The van der Waals surface area contributed by atoms with Gasteiger partial charge in [-0.3, -0.25) is 14.9 Å².